The maximum absolute atomic E-state index is 13.0. The van der Waals surface area contributed by atoms with Gasteiger partial charge >= 0.3 is 0 Å². The Balaban J connectivity index is 1.56. The second-order valence-corrected chi connectivity index (χ2v) is 7.28. The molecular weight excluding hydrogens is 332 g/mol. The predicted octanol–water partition coefficient (Wildman–Crippen LogP) is 3.09. The molecule has 1 amide bonds. The van der Waals surface area contributed by atoms with E-state index in [0.29, 0.717) is 6.54 Å². The number of carbonyl (C=O) groups is 1. The number of rotatable bonds is 4. The molecule has 1 saturated heterocycles. The van der Waals surface area contributed by atoms with E-state index in [0.717, 1.165) is 28.2 Å². The van der Waals surface area contributed by atoms with Gasteiger partial charge in [-0.05, 0) is 23.1 Å². The summed E-state index contributed by atoms with van der Waals surface area (Å²) in [5.74, 6) is 0.117. The third kappa shape index (κ3) is 3.23. The van der Waals surface area contributed by atoms with Gasteiger partial charge in [0.25, 0.3) is 0 Å². The van der Waals surface area contributed by atoms with E-state index in [1.54, 1.807) is 16.0 Å². The Hall–Kier alpha value is -2.44. The number of para-hydroxylation sites is 1. The van der Waals surface area contributed by atoms with Crippen LogP contribution in [-0.2, 0) is 11.8 Å². The van der Waals surface area contributed by atoms with Crippen molar-refractivity contribution in [2.45, 2.75) is 5.92 Å². The zero-order chi connectivity index (χ0) is 17.2. The summed E-state index contributed by atoms with van der Waals surface area (Å²) in [5, 5.41) is 12.8. The Kier molecular flexibility index (Phi) is 4.38. The molecule has 3 aromatic rings. The highest BCUT2D eigenvalue weighted by atomic mass is 32.1. The summed E-state index contributed by atoms with van der Waals surface area (Å²) in [6, 6.07) is 12.1. The van der Waals surface area contributed by atoms with Gasteiger partial charge in [-0.1, -0.05) is 24.3 Å². The summed E-state index contributed by atoms with van der Waals surface area (Å²) < 4.78 is 1.79. The van der Waals surface area contributed by atoms with Gasteiger partial charge in [0.2, 0.25) is 5.91 Å². The normalized spacial score (nSPS) is 19.9. The Morgan fingerprint density at radius 1 is 1.28 bits per heavy atom. The Morgan fingerprint density at radius 2 is 2.16 bits per heavy atom. The lowest BCUT2D eigenvalue weighted by Crippen LogP contribution is -2.28. The van der Waals surface area contributed by atoms with Gasteiger partial charge in [0.1, 0.15) is 0 Å². The third-order valence-electron chi connectivity index (χ3n) is 4.68. The monoisotopic (exact) mass is 352 g/mol. The standard InChI is InChI=1S/C19H20N4OS/c1-23-12-13(9-21-23)15-10-20-11-16(15)19(24)22-17-6-3-2-5-14(17)18-7-4-8-25-18/h2-9,12,15-16,20H,10-11H2,1H3,(H,22,24)/t15-,16+/m1/s1. The highest BCUT2D eigenvalue weighted by Gasteiger charge is 2.34. The highest BCUT2D eigenvalue weighted by Crippen LogP contribution is 2.33. The average Bonchev–Trinajstić information content (AvgIpc) is 3.36. The first-order valence-electron chi connectivity index (χ1n) is 8.35. The molecule has 0 spiro atoms. The summed E-state index contributed by atoms with van der Waals surface area (Å²) in [4.78, 5) is 14.1. The zero-order valence-electron chi connectivity index (χ0n) is 14.0. The molecule has 1 aromatic carbocycles. The number of benzene rings is 1. The van der Waals surface area contributed by atoms with E-state index in [9.17, 15) is 4.79 Å². The number of aryl methyl sites for hydroxylation is 1. The molecule has 4 rings (SSSR count). The fraction of sp³-hybridized carbons (Fsp3) is 0.263. The molecule has 1 aliphatic heterocycles. The molecule has 0 bridgehead atoms. The Bertz CT molecular complexity index is 871. The summed E-state index contributed by atoms with van der Waals surface area (Å²) in [6.45, 7) is 1.49. The second kappa shape index (κ2) is 6.82. The van der Waals surface area contributed by atoms with Crippen LogP contribution >= 0.6 is 11.3 Å². The minimum absolute atomic E-state index is 0.0582. The Morgan fingerprint density at radius 3 is 2.92 bits per heavy atom. The van der Waals surface area contributed by atoms with E-state index in [4.69, 9.17) is 0 Å². The minimum atomic E-state index is -0.0967. The molecule has 0 radical (unpaired) electrons. The Labute approximate surface area is 150 Å². The molecule has 3 heterocycles. The number of hydrogen-bond donors (Lipinski definition) is 2. The smallest absolute Gasteiger partial charge is 0.229 e. The van der Waals surface area contributed by atoms with Crippen LogP contribution in [0.4, 0.5) is 5.69 Å². The van der Waals surface area contributed by atoms with Gasteiger partial charge < -0.3 is 10.6 Å². The van der Waals surface area contributed by atoms with Crippen molar-refractivity contribution in [3.63, 3.8) is 0 Å². The predicted molar refractivity (Wildman–Crippen MR) is 101 cm³/mol. The molecule has 2 aromatic heterocycles. The molecular formula is C19H20N4OS. The zero-order valence-corrected chi connectivity index (χ0v) is 14.8. The quantitative estimate of drug-likeness (QED) is 0.759. The highest BCUT2D eigenvalue weighted by molar-refractivity contribution is 7.13. The lowest BCUT2D eigenvalue weighted by molar-refractivity contribution is -0.119. The molecule has 5 nitrogen and oxygen atoms in total. The number of amides is 1. The van der Waals surface area contributed by atoms with E-state index < -0.39 is 0 Å². The van der Waals surface area contributed by atoms with Crippen molar-refractivity contribution in [3.8, 4) is 10.4 Å². The van der Waals surface area contributed by atoms with Crippen LogP contribution in [0.15, 0.2) is 54.2 Å². The third-order valence-corrected chi connectivity index (χ3v) is 5.58. The minimum Gasteiger partial charge on any atom is -0.325 e. The van der Waals surface area contributed by atoms with E-state index in [1.165, 1.54) is 0 Å². The number of anilines is 1. The van der Waals surface area contributed by atoms with Crippen molar-refractivity contribution in [1.82, 2.24) is 15.1 Å². The summed E-state index contributed by atoms with van der Waals surface area (Å²) in [7, 11) is 1.90. The van der Waals surface area contributed by atoms with Crippen molar-refractivity contribution >= 4 is 22.9 Å². The first-order valence-corrected chi connectivity index (χ1v) is 9.23. The van der Waals surface area contributed by atoms with Crippen LogP contribution in [0.25, 0.3) is 10.4 Å². The molecule has 128 valence electrons. The fourth-order valence-corrected chi connectivity index (χ4v) is 4.17. The number of nitrogens with one attached hydrogen (secondary N) is 2. The van der Waals surface area contributed by atoms with Gasteiger partial charge in [0.05, 0.1) is 12.1 Å². The van der Waals surface area contributed by atoms with Crippen molar-refractivity contribution in [2.75, 3.05) is 18.4 Å². The lowest BCUT2D eigenvalue weighted by Gasteiger charge is -2.18. The van der Waals surface area contributed by atoms with Crippen molar-refractivity contribution < 1.29 is 4.79 Å². The number of carbonyl (C=O) groups excluding carboxylic acids is 1. The van der Waals surface area contributed by atoms with Crippen molar-refractivity contribution in [1.29, 1.82) is 0 Å². The van der Waals surface area contributed by atoms with E-state index in [2.05, 4.69) is 21.8 Å². The second-order valence-electron chi connectivity index (χ2n) is 6.33. The van der Waals surface area contributed by atoms with Gasteiger partial charge in [-0.25, -0.2) is 0 Å². The molecule has 0 aliphatic carbocycles. The SMILES string of the molecule is Cn1cc([C@H]2CNC[C@@H]2C(=O)Nc2ccccc2-c2cccs2)cn1. The van der Waals surface area contributed by atoms with Gasteiger partial charge in [0, 0.05) is 48.4 Å². The van der Waals surface area contributed by atoms with Gasteiger partial charge in [-0.3, -0.25) is 9.48 Å². The number of nitrogens with zero attached hydrogens (tertiary/aromatic N) is 2. The molecule has 2 N–H and O–H groups in total. The molecule has 0 unspecified atom stereocenters. The molecule has 0 saturated carbocycles. The van der Waals surface area contributed by atoms with Crippen LogP contribution in [0.2, 0.25) is 0 Å². The van der Waals surface area contributed by atoms with Crippen molar-refractivity contribution in [3.05, 3.63) is 59.7 Å². The van der Waals surface area contributed by atoms with Gasteiger partial charge in [0.15, 0.2) is 0 Å². The van der Waals surface area contributed by atoms with Crippen LogP contribution in [0.5, 0.6) is 0 Å². The van der Waals surface area contributed by atoms with E-state index in [-0.39, 0.29) is 17.7 Å². The van der Waals surface area contributed by atoms with Crippen LogP contribution in [0.1, 0.15) is 11.5 Å². The summed E-state index contributed by atoms with van der Waals surface area (Å²) in [6.07, 6.45) is 3.86. The summed E-state index contributed by atoms with van der Waals surface area (Å²) in [5.41, 5.74) is 3.04. The maximum atomic E-state index is 13.0. The maximum Gasteiger partial charge on any atom is 0.229 e. The van der Waals surface area contributed by atoms with Crippen LogP contribution in [0, 0.1) is 5.92 Å². The number of thiophene rings is 1. The summed E-state index contributed by atoms with van der Waals surface area (Å²) >= 11 is 1.68. The molecule has 25 heavy (non-hydrogen) atoms. The molecule has 6 heteroatoms. The van der Waals surface area contributed by atoms with Gasteiger partial charge in [-0.15, -0.1) is 11.3 Å². The average molecular weight is 352 g/mol. The van der Waals surface area contributed by atoms with Gasteiger partial charge in [-0.2, -0.15) is 5.10 Å². The molecule has 2 atom stereocenters. The molecule has 1 fully saturated rings. The topological polar surface area (TPSA) is 59.0 Å². The first-order chi connectivity index (χ1) is 12.2. The van der Waals surface area contributed by atoms with E-state index >= 15 is 0 Å². The fourth-order valence-electron chi connectivity index (χ4n) is 3.40. The van der Waals surface area contributed by atoms with Crippen LogP contribution < -0.4 is 10.6 Å². The van der Waals surface area contributed by atoms with Crippen molar-refractivity contribution in [2.24, 2.45) is 13.0 Å². The van der Waals surface area contributed by atoms with Crippen LogP contribution in [0.3, 0.4) is 0 Å². The van der Waals surface area contributed by atoms with Crippen LogP contribution in [-0.4, -0.2) is 28.8 Å². The number of hydrogen-bond acceptors (Lipinski definition) is 4. The largest absolute Gasteiger partial charge is 0.325 e. The first kappa shape index (κ1) is 16.1. The number of aromatic nitrogens is 2. The molecule has 1 aliphatic rings. The van der Waals surface area contributed by atoms with E-state index in [1.807, 2.05) is 55.2 Å². The lowest BCUT2D eigenvalue weighted by atomic mass is 9.90.